The van der Waals surface area contributed by atoms with Crippen molar-refractivity contribution in [3.05, 3.63) is 113 Å². The van der Waals surface area contributed by atoms with Gasteiger partial charge in [-0.2, -0.15) is 5.10 Å². The summed E-state index contributed by atoms with van der Waals surface area (Å²) in [6.45, 7) is 4.41. The van der Waals surface area contributed by atoms with E-state index in [9.17, 15) is 9.59 Å². The molecule has 0 aliphatic rings. The monoisotopic (exact) mass is 440 g/mol. The molecule has 3 aromatic carbocycles. The summed E-state index contributed by atoms with van der Waals surface area (Å²) >= 11 is 0. The minimum Gasteiger partial charge on any atom is -0.444 e. The molecule has 0 radical (unpaired) electrons. The lowest BCUT2D eigenvalue weighted by molar-refractivity contribution is -0.125. The van der Waals surface area contributed by atoms with Gasteiger partial charge in [-0.15, -0.1) is 0 Å². The Hall–Kier alpha value is -4.26. The van der Waals surface area contributed by atoms with Crippen molar-refractivity contribution in [1.29, 1.82) is 0 Å². The Morgan fingerprint density at radius 1 is 1.00 bits per heavy atom. The summed E-state index contributed by atoms with van der Waals surface area (Å²) in [6, 6.07) is 21.8. The van der Waals surface area contributed by atoms with Gasteiger partial charge >= 0.3 is 5.97 Å². The highest BCUT2D eigenvalue weighted by atomic mass is 16.5. The van der Waals surface area contributed by atoms with Crippen LogP contribution in [0.2, 0.25) is 0 Å². The van der Waals surface area contributed by atoms with Crippen molar-refractivity contribution in [2.45, 2.75) is 26.5 Å². The first-order valence-corrected chi connectivity index (χ1v) is 10.5. The van der Waals surface area contributed by atoms with Crippen LogP contribution in [0.4, 0.5) is 5.69 Å². The maximum Gasteiger partial charge on any atom is 0.339 e. The fraction of sp³-hybridized carbons (Fsp3) is 0.154. The van der Waals surface area contributed by atoms with Gasteiger partial charge in [0.25, 0.3) is 5.91 Å². The van der Waals surface area contributed by atoms with E-state index in [1.54, 1.807) is 47.4 Å². The molecule has 1 amide bonds. The molecule has 4 aromatic rings. The van der Waals surface area contributed by atoms with Gasteiger partial charge in [-0.1, -0.05) is 54.6 Å². The average molecular weight is 441 g/mol. The number of rotatable bonds is 7. The summed E-state index contributed by atoms with van der Waals surface area (Å²) in [7, 11) is 0. The molecule has 0 fully saturated rings. The molecule has 33 heavy (non-hydrogen) atoms. The number of amides is 1. The summed E-state index contributed by atoms with van der Waals surface area (Å²) in [5.74, 6) is -0.988. The number of anilines is 1. The van der Waals surface area contributed by atoms with Crippen molar-refractivity contribution in [3.63, 3.8) is 0 Å². The standard InChI is InChI=1S/C26H24N4O3/c1-18-8-9-19(2)23(14-18)29-25(31)24(21-6-4-3-5-7-21)33-26(32)22-12-10-20(11-13-22)15-30-17-27-16-28-30/h3-14,16-17,24H,15H2,1-2H3,(H,29,31). The van der Waals surface area contributed by atoms with Crippen molar-refractivity contribution in [2.24, 2.45) is 0 Å². The lowest BCUT2D eigenvalue weighted by Crippen LogP contribution is -2.26. The highest BCUT2D eigenvalue weighted by molar-refractivity contribution is 5.98. The third kappa shape index (κ3) is 5.51. The largest absolute Gasteiger partial charge is 0.444 e. The molecule has 1 aromatic heterocycles. The molecule has 1 unspecified atom stereocenters. The Bertz CT molecular complexity index is 1240. The SMILES string of the molecule is Cc1ccc(C)c(NC(=O)C(OC(=O)c2ccc(Cn3cncn3)cc2)c2ccccc2)c1. The summed E-state index contributed by atoms with van der Waals surface area (Å²) in [5.41, 5.74) is 4.55. The van der Waals surface area contributed by atoms with Gasteiger partial charge in [-0.05, 0) is 48.7 Å². The molecular formula is C26H24N4O3. The topological polar surface area (TPSA) is 86.1 Å². The maximum absolute atomic E-state index is 13.2. The number of esters is 1. The van der Waals surface area contributed by atoms with Crippen LogP contribution < -0.4 is 5.32 Å². The highest BCUT2D eigenvalue weighted by Gasteiger charge is 2.26. The molecule has 0 aliphatic carbocycles. The van der Waals surface area contributed by atoms with Gasteiger partial charge in [-0.25, -0.2) is 14.5 Å². The van der Waals surface area contributed by atoms with E-state index in [4.69, 9.17) is 4.74 Å². The predicted octanol–water partition coefficient (Wildman–Crippen LogP) is 4.48. The van der Waals surface area contributed by atoms with Crippen LogP contribution in [0.3, 0.4) is 0 Å². The third-order valence-corrected chi connectivity index (χ3v) is 5.22. The zero-order valence-electron chi connectivity index (χ0n) is 18.4. The van der Waals surface area contributed by atoms with E-state index in [1.165, 1.54) is 6.33 Å². The van der Waals surface area contributed by atoms with Crippen LogP contribution in [0.5, 0.6) is 0 Å². The number of hydrogen-bond donors (Lipinski definition) is 1. The molecule has 0 aliphatic heterocycles. The first kappa shape index (κ1) is 22.0. The number of ether oxygens (including phenoxy) is 1. The van der Waals surface area contributed by atoms with Gasteiger partial charge in [-0.3, -0.25) is 4.79 Å². The second-order valence-corrected chi connectivity index (χ2v) is 7.79. The van der Waals surface area contributed by atoms with E-state index in [0.29, 0.717) is 23.4 Å². The van der Waals surface area contributed by atoms with E-state index in [1.807, 2.05) is 50.2 Å². The molecule has 7 heteroatoms. The van der Waals surface area contributed by atoms with Crippen molar-refractivity contribution >= 4 is 17.6 Å². The number of nitrogens with one attached hydrogen (secondary N) is 1. The summed E-state index contributed by atoms with van der Waals surface area (Å²) in [4.78, 5) is 30.0. The molecule has 7 nitrogen and oxygen atoms in total. The predicted molar refractivity (Wildman–Crippen MR) is 125 cm³/mol. The third-order valence-electron chi connectivity index (χ3n) is 5.22. The number of carbonyl (C=O) groups is 2. The van der Waals surface area contributed by atoms with Crippen LogP contribution in [0.25, 0.3) is 0 Å². The lowest BCUT2D eigenvalue weighted by atomic mass is 10.1. The normalized spacial score (nSPS) is 11.6. The van der Waals surface area contributed by atoms with Gasteiger partial charge in [0.1, 0.15) is 12.7 Å². The minimum atomic E-state index is -1.09. The number of carbonyl (C=O) groups excluding carboxylic acids is 2. The summed E-state index contributed by atoms with van der Waals surface area (Å²) < 4.78 is 7.38. The Morgan fingerprint density at radius 2 is 1.76 bits per heavy atom. The smallest absolute Gasteiger partial charge is 0.339 e. The van der Waals surface area contributed by atoms with Crippen molar-refractivity contribution < 1.29 is 14.3 Å². The molecule has 0 spiro atoms. The fourth-order valence-corrected chi connectivity index (χ4v) is 3.39. The molecule has 1 N–H and O–H groups in total. The number of aryl methyl sites for hydroxylation is 2. The molecule has 0 saturated carbocycles. The maximum atomic E-state index is 13.2. The lowest BCUT2D eigenvalue weighted by Gasteiger charge is -2.19. The molecule has 4 rings (SSSR count). The van der Waals surface area contributed by atoms with Crippen LogP contribution in [-0.4, -0.2) is 26.6 Å². The quantitative estimate of drug-likeness (QED) is 0.428. The van der Waals surface area contributed by atoms with E-state index in [2.05, 4.69) is 15.4 Å². The van der Waals surface area contributed by atoms with Gasteiger partial charge in [0, 0.05) is 11.3 Å². The van der Waals surface area contributed by atoms with Crippen LogP contribution in [0.15, 0.2) is 85.5 Å². The van der Waals surface area contributed by atoms with Crippen LogP contribution >= 0.6 is 0 Å². The number of aromatic nitrogens is 3. The van der Waals surface area contributed by atoms with Gasteiger partial charge < -0.3 is 10.1 Å². The number of nitrogens with zero attached hydrogens (tertiary/aromatic N) is 3. The highest BCUT2D eigenvalue weighted by Crippen LogP contribution is 2.24. The second-order valence-electron chi connectivity index (χ2n) is 7.79. The number of benzene rings is 3. The molecule has 1 heterocycles. The molecule has 0 bridgehead atoms. The summed E-state index contributed by atoms with van der Waals surface area (Å²) in [6.07, 6.45) is 2.01. The zero-order valence-corrected chi connectivity index (χ0v) is 18.4. The van der Waals surface area contributed by atoms with Gasteiger partial charge in [0.05, 0.1) is 12.1 Å². The van der Waals surface area contributed by atoms with Crippen LogP contribution in [0, 0.1) is 13.8 Å². The van der Waals surface area contributed by atoms with Gasteiger partial charge in [0.15, 0.2) is 0 Å². The van der Waals surface area contributed by atoms with Crippen LogP contribution in [0.1, 0.15) is 38.7 Å². The Labute approximate surface area is 192 Å². The van der Waals surface area contributed by atoms with E-state index >= 15 is 0 Å². The average Bonchev–Trinajstić information content (AvgIpc) is 3.34. The molecular weight excluding hydrogens is 416 g/mol. The van der Waals surface area contributed by atoms with Crippen molar-refractivity contribution in [1.82, 2.24) is 14.8 Å². The minimum absolute atomic E-state index is 0.359. The zero-order chi connectivity index (χ0) is 23.2. The molecule has 166 valence electrons. The van der Waals surface area contributed by atoms with E-state index in [0.717, 1.165) is 16.7 Å². The summed E-state index contributed by atoms with van der Waals surface area (Å²) in [5, 5.41) is 6.99. The second kappa shape index (κ2) is 9.91. The number of hydrogen-bond acceptors (Lipinski definition) is 5. The molecule has 0 saturated heterocycles. The van der Waals surface area contributed by atoms with Crippen molar-refractivity contribution in [2.75, 3.05) is 5.32 Å². The van der Waals surface area contributed by atoms with Gasteiger partial charge in [0.2, 0.25) is 6.10 Å². The Balaban J connectivity index is 1.52. The Morgan fingerprint density at radius 3 is 2.45 bits per heavy atom. The molecule has 1 atom stereocenters. The van der Waals surface area contributed by atoms with E-state index < -0.39 is 18.0 Å². The van der Waals surface area contributed by atoms with Crippen LogP contribution in [-0.2, 0) is 16.1 Å². The Kier molecular flexibility index (Phi) is 6.59. The van der Waals surface area contributed by atoms with E-state index in [-0.39, 0.29) is 0 Å². The fourth-order valence-electron chi connectivity index (χ4n) is 3.39. The first-order chi connectivity index (χ1) is 16.0. The van der Waals surface area contributed by atoms with Crippen molar-refractivity contribution in [3.8, 4) is 0 Å². The first-order valence-electron chi connectivity index (χ1n) is 10.5.